The molecular weight excluding hydrogens is 324 g/mol. The van der Waals surface area contributed by atoms with Gasteiger partial charge in [-0.2, -0.15) is 0 Å². The van der Waals surface area contributed by atoms with Gasteiger partial charge in [0.2, 0.25) is 15.9 Å². The molecule has 1 aromatic rings. The molecule has 1 aliphatic rings. The van der Waals surface area contributed by atoms with Crippen LogP contribution in [0.1, 0.15) is 38.7 Å². The van der Waals surface area contributed by atoms with Gasteiger partial charge in [0.1, 0.15) is 0 Å². The van der Waals surface area contributed by atoms with Crippen LogP contribution in [0, 0.1) is 5.92 Å². The van der Waals surface area contributed by atoms with Crippen LogP contribution in [0.4, 0.5) is 0 Å². The van der Waals surface area contributed by atoms with E-state index in [9.17, 15) is 13.2 Å². The first kappa shape index (κ1) is 18.9. The molecular formula is C18H28N2O3S. The molecule has 1 N–H and O–H groups in total. The zero-order chi connectivity index (χ0) is 17.6. The molecule has 1 saturated heterocycles. The average molecular weight is 353 g/mol. The van der Waals surface area contributed by atoms with Gasteiger partial charge in [-0.05, 0) is 38.2 Å². The van der Waals surface area contributed by atoms with Gasteiger partial charge >= 0.3 is 0 Å². The fourth-order valence-electron chi connectivity index (χ4n) is 2.88. The van der Waals surface area contributed by atoms with Crippen molar-refractivity contribution >= 4 is 15.9 Å². The van der Waals surface area contributed by atoms with Gasteiger partial charge in [0.05, 0.1) is 5.75 Å². The normalized spacial score (nSPS) is 18.2. The van der Waals surface area contributed by atoms with Crippen LogP contribution in [0.5, 0.6) is 0 Å². The predicted octanol–water partition coefficient (Wildman–Crippen LogP) is 2.19. The van der Waals surface area contributed by atoms with E-state index in [4.69, 9.17) is 0 Å². The summed E-state index contributed by atoms with van der Waals surface area (Å²) in [7, 11) is -3.26. The number of aryl methyl sites for hydroxylation is 1. The van der Waals surface area contributed by atoms with Crippen molar-refractivity contribution in [2.45, 2.75) is 45.6 Å². The lowest BCUT2D eigenvalue weighted by Gasteiger charge is -2.31. The standard InChI is InChI=1S/C18H28N2O3S/c1-3-15(2)19-18(21)17-9-12-20(13-10-17)24(22,23)14-11-16-7-5-4-6-8-16/h4-8,15,17H,3,9-14H2,1-2H3,(H,19,21). The third-order valence-electron chi connectivity index (χ3n) is 4.71. The number of piperidine rings is 1. The van der Waals surface area contributed by atoms with Crippen molar-refractivity contribution in [2.75, 3.05) is 18.8 Å². The zero-order valence-corrected chi connectivity index (χ0v) is 15.4. The van der Waals surface area contributed by atoms with E-state index < -0.39 is 10.0 Å². The molecule has 1 aliphatic heterocycles. The third kappa shape index (κ3) is 5.31. The first-order valence-electron chi connectivity index (χ1n) is 8.74. The molecule has 24 heavy (non-hydrogen) atoms. The van der Waals surface area contributed by atoms with Gasteiger partial charge in [-0.1, -0.05) is 37.3 Å². The van der Waals surface area contributed by atoms with Gasteiger partial charge in [-0.25, -0.2) is 12.7 Å². The predicted molar refractivity (Wildman–Crippen MR) is 96.1 cm³/mol. The summed E-state index contributed by atoms with van der Waals surface area (Å²) in [4.78, 5) is 12.2. The molecule has 0 radical (unpaired) electrons. The highest BCUT2D eigenvalue weighted by atomic mass is 32.2. The van der Waals surface area contributed by atoms with Crippen LogP contribution in [0.15, 0.2) is 30.3 Å². The Morgan fingerprint density at radius 2 is 1.88 bits per heavy atom. The fraction of sp³-hybridized carbons (Fsp3) is 0.611. The quantitative estimate of drug-likeness (QED) is 0.818. The Hall–Kier alpha value is -1.40. The molecule has 1 atom stereocenters. The zero-order valence-electron chi connectivity index (χ0n) is 14.6. The lowest BCUT2D eigenvalue weighted by Crippen LogP contribution is -2.45. The third-order valence-corrected chi connectivity index (χ3v) is 6.58. The second-order valence-corrected chi connectivity index (χ2v) is 8.63. The SMILES string of the molecule is CCC(C)NC(=O)C1CCN(S(=O)(=O)CCc2ccccc2)CC1. The summed E-state index contributed by atoms with van der Waals surface area (Å²) < 4.78 is 26.5. The fourth-order valence-corrected chi connectivity index (χ4v) is 4.40. The van der Waals surface area contributed by atoms with Crippen molar-refractivity contribution in [2.24, 2.45) is 5.92 Å². The lowest BCUT2D eigenvalue weighted by molar-refractivity contribution is -0.126. The number of carbonyl (C=O) groups is 1. The Kier molecular flexibility index (Phi) is 6.80. The summed E-state index contributed by atoms with van der Waals surface area (Å²) in [6.45, 7) is 4.90. The molecule has 5 nitrogen and oxygen atoms in total. The monoisotopic (exact) mass is 352 g/mol. The van der Waals surface area contributed by atoms with Gasteiger partial charge in [-0.3, -0.25) is 4.79 Å². The summed E-state index contributed by atoms with van der Waals surface area (Å²) in [6, 6.07) is 9.83. The van der Waals surface area contributed by atoms with E-state index in [-0.39, 0.29) is 23.6 Å². The summed E-state index contributed by atoms with van der Waals surface area (Å²) in [6.07, 6.45) is 2.63. The minimum atomic E-state index is -3.26. The molecule has 1 fully saturated rings. The molecule has 1 unspecified atom stereocenters. The number of hydrogen-bond acceptors (Lipinski definition) is 3. The second-order valence-electron chi connectivity index (χ2n) is 6.54. The summed E-state index contributed by atoms with van der Waals surface area (Å²) >= 11 is 0. The highest BCUT2D eigenvalue weighted by Gasteiger charge is 2.31. The Morgan fingerprint density at radius 3 is 2.46 bits per heavy atom. The van der Waals surface area contributed by atoms with Gasteiger partial charge < -0.3 is 5.32 Å². The number of nitrogens with one attached hydrogen (secondary N) is 1. The molecule has 1 heterocycles. The van der Waals surface area contributed by atoms with E-state index in [2.05, 4.69) is 5.32 Å². The van der Waals surface area contributed by atoms with E-state index in [1.807, 2.05) is 44.2 Å². The van der Waals surface area contributed by atoms with Crippen LogP contribution >= 0.6 is 0 Å². The molecule has 134 valence electrons. The molecule has 1 amide bonds. The van der Waals surface area contributed by atoms with Crippen molar-refractivity contribution in [3.8, 4) is 0 Å². The van der Waals surface area contributed by atoms with E-state index in [1.54, 1.807) is 4.31 Å². The van der Waals surface area contributed by atoms with Crippen LogP contribution in [0.25, 0.3) is 0 Å². The maximum atomic E-state index is 12.5. The summed E-state index contributed by atoms with van der Waals surface area (Å²) in [5, 5.41) is 2.99. The van der Waals surface area contributed by atoms with Crippen LogP contribution in [-0.2, 0) is 21.2 Å². The molecule has 2 rings (SSSR count). The minimum absolute atomic E-state index is 0.0608. The number of nitrogens with zero attached hydrogens (tertiary/aromatic N) is 1. The van der Waals surface area contributed by atoms with Crippen molar-refractivity contribution < 1.29 is 13.2 Å². The second kappa shape index (κ2) is 8.62. The number of sulfonamides is 1. The number of rotatable bonds is 7. The van der Waals surface area contributed by atoms with Crippen molar-refractivity contribution in [3.05, 3.63) is 35.9 Å². The van der Waals surface area contributed by atoms with Gasteiger partial charge in [-0.15, -0.1) is 0 Å². The molecule has 0 bridgehead atoms. The van der Waals surface area contributed by atoms with Gasteiger partial charge in [0, 0.05) is 25.0 Å². The van der Waals surface area contributed by atoms with Gasteiger partial charge in [0.25, 0.3) is 0 Å². The Balaban J connectivity index is 1.83. The van der Waals surface area contributed by atoms with E-state index in [0.717, 1.165) is 12.0 Å². The van der Waals surface area contributed by atoms with Crippen LogP contribution in [0.2, 0.25) is 0 Å². The maximum Gasteiger partial charge on any atom is 0.223 e. The molecule has 0 spiro atoms. The summed E-state index contributed by atoms with van der Waals surface area (Å²) in [5.74, 6) is 0.117. The maximum absolute atomic E-state index is 12.5. The topological polar surface area (TPSA) is 66.5 Å². The van der Waals surface area contributed by atoms with Crippen molar-refractivity contribution in [1.29, 1.82) is 0 Å². The first-order valence-corrected chi connectivity index (χ1v) is 10.4. The Labute approximate surface area is 145 Å². The largest absolute Gasteiger partial charge is 0.353 e. The Morgan fingerprint density at radius 1 is 1.25 bits per heavy atom. The molecule has 0 aliphatic carbocycles. The van der Waals surface area contributed by atoms with Crippen molar-refractivity contribution in [1.82, 2.24) is 9.62 Å². The van der Waals surface area contributed by atoms with E-state index >= 15 is 0 Å². The smallest absolute Gasteiger partial charge is 0.223 e. The van der Waals surface area contributed by atoms with Crippen LogP contribution in [-0.4, -0.2) is 43.5 Å². The van der Waals surface area contributed by atoms with Crippen LogP contribution in [0.3, 0.4) is 0 Å². The highest BCUT2D eigenvalue weighted by Crippen LogP contribution is 2.21. The molecule has 1 aromatic carbocycles. The van der Waals surface area contributed by atoms with E-state index in [1.165, 1.54) is 0 Å². The van der Waals surface area contributed by atoms with Crippen LogP contribution < -0.4 is 5.32 Å². The number of amides is 1. The highest BCUT2D eigenvalue weighted by molar-refractivity contribution is 7.89. The lowest BCUT2D eigenvalue weighted by atomic mass is 9.97. The first-order chi connectivity index (χ1) is 11.4. The van der Waals surface area contributed by atoms with Gasteiger partial charge in [0.15, 0.2) is 0 Å². The van der Waals surface area contributed by atoms with Crippen molar-refractivity contribution in [3.63, 3.8) is 0 Å². The number of carbonyl (C=O) groups excluding carboxylic acids is 1. The minimum Gasteiger partial charge on any atom is -0.353 e. The molecule has 6 heteroatoms. The average Bonchev–Trinajstić information content (AvgIpc) is 2.61. The Bertz CT molecular complexity index is 623. The summed E-state index contributed by atoms with van der Waals surface area (Å²) in [5.41, 5.74) is 1.03. The van der Waals surface area contributed by atoms with E-state index in [0.29, 0.717) is 32.4 Å². The number of hydrogen-bond donors (Lipinski definition) is 1. The molecule has 0 aromatic heterocycles. The molecule has 0 saturated carbocycles. The number of benzene rings is 1.